The quantitative estimate of drug-likeness (QED) is 0.873. The summed E-state index contributed by atoms with van der Waals surface area (Å²) in [6.07, 6.45) is 2.80. The van der Waals surface area contributed by atoms with Gasteiger partial charge in [-0.25, -0.2) is 0 Å². The van der Waals surface area contributed by atoms with E-state index in [2.05, 4.69) is 28.1 Å². The summed E-state index contributed by atoms with van der Waals surface area (Å²) in [5.41, 5.74) is 8.45. The zero-order valence-corrected chi connectivity index (χ0v) is 12.1. The SMILES string of the molecule is CCOC(=O)CC1(N)CCc2cc(Br)ccc2C1. The Morgan fingerprint density at radius 3 is 3.00 bits per heavy atom. The van der Waals surface area contributed by atoms with E-state index in [9.17, 15) is 4.79 Å². The van der Waals surface area contributed by atoms with Gasteiger partial charge in [0, 0.05) is 10.0 Å². The third-order valence-corrected chi connectivity index (χ3v) is 3.90. The molecule has 0 aliphatic heterocycles. The molecule has 3 nitrogen and oxygen atoms in total. The van der Waals surface area contributed by atoms with Gasteiger partial charge in [-0.05, 0) is 49.4 Å². The van der Waals surface area contributed by atoms with Crippen molar-refractivity contribution < 1.29 is 9.53 Å². The number of ether oxygens (including phenoxy) is 1. The van der Waals surface area contributed by atoms with Gasteiger partial charge in [-0.3, -0.25) is 4.79 Å². The number of hydrogen-bond donors (Lipinski definition) is 1. The van der Waals surface area contributed by atoms with E-state index >= 15 is 0 Å². The number of benzene rings is 1. The number of rotatable bonds is 3. The lowest BCUT2D eigenvalue weighted by molar-refractivity contribution is -0.144. The van der Waals surface area contributed by atoms with Gasteiger partial charge < -0.3 is 10.5 Å². The van der Waals surface area contributed by atoms with E-state index in [1.54, 1.807) is 0 Å². The van der Waals surface area contributed by atoms with E-state index in [1.807, 2.05) is 13.0 Å². The minimum atomic E-state index is -0.451. The van der Waals surface area contributed by atoms with E-state index in [0.717, 1.165) is 23.7 Å². The maximum absolute atomic E-state index is 11.6. The average Bonchev–Trinajstić information content (AvgIpc) is 2.29. The second kappa shape index (κ2) is 5.41. The van der Waals surface area contributed by atoms with Crippen molar-refractivity contribution in [2.45, 2.75) is 38.1 Å². The monoisotopic (exact) mass is 311 g/mol. The minimum absolute atomic E-state index is 0.194. The van der Waals surface area contributed by atoms with Crippen LogP contribution in [0.1, 0.15) is 30.9 Å². The largest absolute Gasteiger partial charge is 0.466 e. The first kappa shape index (κ1) is 13.6. The maximum Gasteiger partial charge on any atom is 0.307 e. The third-order valence-electron chi connectivity index (χ3n) is 3.40. The number of aryl methyl sites for hydroxylation is 1. The second-order valence-electron chi connectivity index (χ2n) is 4.93. The molecule has 1 aliphatic carbocycles. The number of hydrogen-bond acceptors (Lipinski definition) is 3. The molecule has 0 heterocycles. The first-order chi connectivity index (χ1) is 8.52. The summed E-state index contributed by atoms with van der Waals surface area (Å²) in [4.78, 5) is 11.6. The Hall–Kier alpha value is -0.870. The van der Waals surface area contributed by atoms with Gasteiger partial charge in [-0.1, -0.05) is 22.0 Å². The van der Waals surface area contributed by atoms with Crippen LogP contribution in [0.3, 0.4) is 0 Å². The Morgan fingerprint density at radius 2 is 2.28 bits per heavy atom. The molecule has 18 heavy (non-hydrogen) atoms. The first-order valence-corrected chi connectivity index (χ1v) is 7.03. The lowest BCUT2D eigenvalue weighted by Gasteiger charge is -2.34. The summed E-state index contributed by atoms with van der Waals surface area (Å²) < 4.78 is 6.08. The normalized spacial score (nSPS) is 22.4. The van der Waals surface area contributed by atoms with Crippen LogP contribution in [0.15, 0.2) is 22.7 Å². The van der Waals surface area contributed by atoms with Crippen LogP contribution in [0.2, 0.25) is 0 Å². The van der Waals surface area contributed by atoms with Crippen molar-refractivity contribution >= 4 is 21.9 Å². The van der Waals surface area contributed by atoms with Crippen molar-refractivity contribution in [1.82, 2.24) is 0 Å². The summed E-state index contributed by atoms with van der Waals surface area (Å²) in [7, 11) is 0. The Bertz CT molecular complexity index is 461. The van der Waals surface area contributed by atoms with Crippen molar-refractivity contribution in [3.63, 3.8) is 0 Å². The summed E-state index contributed by atoms with van der Waals surface area (Å²) in [5.74, 6) is -0.194. The van der Waals surface area contributed by atoms with Crippen molar-refractivity contribution in [3.05, 3.63) is 33.8 Å². The molecule has 4 heteroatoms. The van der Waals surface area contributed by atoms with Crippen LogP contribution in [0.5, 0.6) is 0 Å². The van der Waals surface area contributed by atoms with Crippen LogP contribution in [-0.2, 0) is 22.4 Å². The number of esters is 1. The van der Waals surface area contributed by atoms with Gasteiger partial charge in [0.15, 0.2) is 0 Å². The van der Waals surface area contributed by atoms with E-state index in [0.29, 0.717) is 13.0 Å². The molecule has 0 bridgehead atoms. The van der Waals surface area contributed by atoms with E-state index in [4.69, 9.17) is 10.5 Å². The molecular formula is C14H18BrNO2. The smallest absolute Gasteiger partial charge is 0.307 e. The van der Waals surface area contributed by atoms with Gasteiger partial charge in [-0.2, -0.15) is 0 Å². The van der Waals surface area contributed by atoms with Gasteiger partial charge >= 0.3 is 5.97 Å². The molecule has 2 N–H and O–H groups in total. The zero-order chi connectivity index (χ0) is 13.2. The number of fused-ring (bicyclic) bond motifs is 1. The van der Waals surface area contributed by atoms with Gasteiger partial charge in [0.2, 0.25) is 0 Å². The van der Waals surface area contributed by atoms with Gasteiger partial charge in [0.05, 0.1) is 13.0 Å². The van der Waals surface area contributed by atoms with E-state index < -0.39 is 5.54 Å². The molecule has 0 fully saturated rings. The molecular weight excluding hydrogens is 294 g/mol. The van der Waals surface area contributed by atoms with Crippen LogP contribution in [-0.4, -0.2) is 18.1 Å². The molecule has 0 aromatic heterocycles. The van der Waals surface area contributed by atoms with Crippen molar-refractivity contribution in [1.29, 1.82) is 0 Å². The molecule has 1 aromatic rings. The predicted octanol–water partition coefficient (Wildman–Crippen LogP) is 2.59. The molecule has 98 valence electrons. The molecule has 1 unspecified atom stereocenters. The van der Waals surface area contributed by atoms with Crippen LogP contribution >= 0.6 is 15.9 Å². The highest BCUT2D eigenvalue weighted by Gasteiger charge is 2.33. The van der Waals surface area contributed by atoms with Gasteiger partial charge in [-0.15, -0.1) is 0 Å². The highest BCUT2D eigenvalue weighted by atomic mass is 79.9. The second-order valence-corrected chi connectivity index (χ2v) is 5.85. The fourth-order valence-electron chi connectivity index (χ4n) is 2.50. The molecule has 1 atom stereocenters. The van der Waals surface area contributed by atoms with Crippen molar-refractivity contribution in [2.75, 3.05) is 6.61 Å². The topological polar surface area (TPSA) is 52.3 Å². The number of nitrogens with two attached hydrogens (primary N) is 1. The number of carbonyl (C=O) groups is 1. The van der Waals surface area contributed by atoms with Gasteiger partial charge in [0.1, 0.15) is 0 Å². The van der Waals surface area contributed by atoms with Gasteiger partial charge in [0.25, 0.3) is 0 Å². The highest BCUT2D eigenvalue weighted by Crippen LogP contribution is 2.31. The molecule has 0 saturated heterocycles. The van der Waals surface area contributed by atoms with E-state index in [1.165, 1.54) is 11.1 Å². The summed E-state index contributed by atoms with van der Waals surface area (Å²) in [6.45, 7) is 2.23. The van der Waals surface area contributed by atoms with E-state index in [-0.39, 0.29) is 5.97 Å². The highest BCUT2D eigenvalue weighted by molar-refractivity contribution is 9.10. The maximum atomic E-state index is 11.6. The number of carbonyl (C=O) groups excluding carboxylic acids is 1. The molecule has 0 saturated carbocycles. The standard InChI is InChI=1S/C14H18BrNO2/c1-2-18-13(17)9-14(16)6-5-10-7-12(15)4-3-11(10)8-14/h3-4,7H,2,5-6,8-9,16H2,1H3. The molecule has 1 aliphatic rings. The Morgan fingerprint density at radius 1 is 1.50 bits per heavy atom. The third kappa shape index (κ3) is 3.12. The summed E-state index contributed by atoms with van der Waals surface area (Å²) in [5, 5.41) is 0. The Kier molecular flexibility index (Phi) is 4.07. The Balaban J connectivity index is 2.10. The first-order valence-electron chi connectivity index (χ1n) is 6.24. The molecule has 1 aromatic carbocycles. The zero-order valence-electron chi connectivity index (χ0n) is 10.5. The molecule has 0 radical (unpaired) electrons. The predicted molar refractivity (Wildman–Crippen MR) is 74.3 cm³/mol. The van der Waals surface area contributed by atoms with Crippen LogP contribution in [0.25, 0.3) is 0 Å². The van der Waals surface area contributed by atoms with Crippen LogP contribution in [0.4, 0.5) is 0 Å². The summed E-state index contributed by atoms with van der Waals surface area (Å²) in [6, 6.07) is 6.25. The molecule has 0 amide bonds. The summed E-state index contributed by atoms with van der Waals surface area (Å²) >= 11 is 3.47. The van der Waals surface area contributed by atoms with Crippen molar-refractivity contribution in [2.24, 2.45) is 5.73 Å². The minimum Gasteiger partial charge on any atom is -0.466 e. The fourth-order valence-corrected chi connectivity index (χ4v) is 2.91. The fraction of sp³-hybridized carbons (Fsp3) is 0.500. The Labute approximate surface area is 116 Å². The lowest BCUT2D eigenvalue weighted by atomic mass is 9.77. The van der Waals surface area contributed by atoms with Crippen LogP contribution in [0, 0.1) is 0 Å². The lowest BCUT2D eigenvalue weighted by Crippen LogP contribution is -2.47. The molecule has 0 spiro atoms. The molecule has 2 rings (SSSR count). The average molecular weight is 312 g/mol. The van der Waals surface area contributed by atoms with Crippen molar-refractivity contribution in [3.8, 4) is 0 Å². The van der Waals surface area contributed by atoms with Crippen LogP contribution < -0.4 is 5.73 Å². The number of halogens is 1.